The van der Waals surface area contributed by atoms with E-state index in [0.717, 1.165) is 6.33 Å². The van der Waals surface area contributed by atoms with Crippen molar-refractivity contribution in [1.82, 2.24) is 15.0 Å². The van der Waals surface area contributed by atoms with Crippen molar-refractivity contribution in [3.63, 3.8) is 0 Å². The molecule has 0 fully saturated rings. The molecule has 2 heterocycles. The summed E-state index contributed by atoms with van der Waals surface area (Å²) in [6.07, 6.45) is 2.66. The second-order valence-corrected chi connectivity index (χ2v) is 5.93. The first-order valence-corrected chi connectivity index (χ1v) is 8.78. The van der Waals surface area contributed by atoms with Crippen LogP contribution in [0.2, 0.25) is 5.15 Å². The van der Waals surface area contributed by atoms with Gasteiger partial charge in [-0.1, -0.05) is 17.7 Å². The first kappa shape index (κ1) is 20.0. The summed E-state index contributed by atoms with van der Waals surface area (Å²) in [4.78, 5) is 34.8. The predicted octanol–water partition coefficient (Wildman–Crippen LogP) is 4.10. The second-order valence-electron chi connectivity index (χ2n) is 5.57. The Labute approximate surface area is 170 Å². The molecular weight excluding hydrogens is 400 g/mol. The molecule has 148 valence electrons. The Bertz CT molecular complexity index is 1060. The average molecular weight is 415 g/mol. The minimum Gasteiger partial charge on any atom is -0.462 e. The Kier molecular flexibility index (Phi) is 6.15. The van der Waals surface area contributed by atoms with Crippen LogP contribution in [0.3, 0.4) is 0 Å². The Balaban J connectivity index is 1.94. The lowest BCUT2D eigenvalue weighted by Gasteiger charge is -2.11. The first-order chi connectivity index (χ1) is 14.0. The number of nitro groups is 1. The van der Waals surface area contributed by atoms with Gasteiger partial charge in [0.25, 0.3) is 0 Å². The number of ether oxygens (including phenoxy) is 1. The van der Waals surface area contributed by atoms with Crippen LogP contribution in [-0.4, -0.2) is 32.5 Å². The fraction of sp³-hybridized carbons (Fsp3) is 0.111. The molecule has 0 aliphatic heterocycles. The summed E-state index contributed by atoms with van der Waals surface area (Å²) in [5.41, 5.74) is 0.678. The molecule has 0 atom stereocenters. The van der Waals surface area contributed by atoms with E-state index in [0.29, 0.717) is 16.9 Å². The molecule has 11 heteroatoms. The van der Waals surface area contributed by atoms with E-state index in [2.05, 4.69) is 25.6 Å². The van der Waals surface area contributed by atoms with Crippen molar-refractivity contribution >= 4 is 46.3 Å². The highest BCUT2D eigenvalue weighted by Gasteiger charge is 2.24. The van der Waals surface area contributed by atoms with Crippen LogP contribution in [0.25, 0.3) is 0 Å². The number of aromatic nitrogens is 3. The lowest BCUT2D eigenvalue weighted by molar-refractivity contribution is -0.383. The zero-order chi connectivity index (χ0) is 20.8. The molecule has 0 aliphatic rings. The van der Waals surface area contributed by atoms with Crippen molar-refractivity contribution in [1.29, 1.82) is 0 Å². The van der Waals surface area contributed by atoms with Gasteiger partial charge < -0.3 is 15.4 Å². The maximum Gasteiger partial charge on any atom is 0.353 e. The molecule has 3 aromatic rings. The van der Waals surface area contributed by atoms with Crippen LogP contribution in [0, 0.1) is 10.1 Å². The van der Waals surface area contributed by atoms with Crippen molar-refractivity contribution in [2.45, 2.75) is 6.92 Å². The van der Waals surface area contributed by atoms with Crippen LogP contribution in [0.4, 0.5) is 28.7 Å². The lowest BCUT2D eigenvalue weighted by Crippen LogP contribution is -2.07. The van der Waals surface area contributed by atoms with E-state index in [1.54, 1.807) is 37.3 Å². The number of nitrogens with one attached hydrogen (secondary N) is 2. The van der Waals surface area contributed by atoms with Gasteiger partial charge in [0.1, 0.15) is 6.33 Å². The molecule has 0 spiro atoms. The van der Waals surface area contributed by atoms with Gasteiger partial charge in [0.05, 0.1) is 22.8 Å². The van der Waals surface area contributed by atoms with Crippen molar-refractivity contribution < 1.29 is 14.5 Å². The van der Waals surface area contributed by atoms with Gasteiger partial charge in [0.2, 0.25) is 11.6 Å². The van der Waals surface area contributed by atoms with Crippen molar-refractivity contribution in [3.05, 3.63) is 69.8 Å². The number of halogens is 1. The molecule has 0 unspecified atom stereocenters. The number of nitrogens with zero attached hydrogens (tertiary/aromatic N) is 4. The molecule has 0 saturated carbocycles. The zero-order valence-electron chi connectivity index (χ0n) is 15.1. The van der Waals surface area contributed by atoms with Crippen LogP contribution in [0.5, 0.6) is 0 Å². The fourth-order valence-corrected chi connectivity index (χ4v) is 2.58. The van der Waals surface area contributed by atoms with Gasteiger partial charge in [0, 0.05) is 11.9 Å². The largest absolute Gasteiger partial charge is 0.462 e. The quantitative estimate of drug-likeness (QED) is 0.253. The van der Waals surface area contributed by atoms with Gasteiger partial charge in [-0.25, -0.2) is 19.7 Å². The minimum absolute atomic E-state index is 0.0616. The monoisotopic (exact) mass is 414 g/mol. The predicted molar refractivity (Wildman–Crippen MR) is 107 cm³/mol. The van der Waals surface area contributed by atoms with E-state index in [4.69, 9.17) is 16.3 Å². The maximum absolute atomic E-state index is 11.9. The van der Waals surface area contributed by atoms with Gasteiger partial charge in [-0.3, -0.25) is 10.1 Å². The Morgan fingerprint density at radius 3 is 2.62 bits per heavy atom. The number of pyridine rings is 1. The lowest BCUT2D eigenvalue weighted by atomic mass is 10.2. The van der Waals surface area contributed by atoms with E-state index in [1.165, 1.54) is 12.3 Å². The highest BCUT2D eigenvalue weighted by molar-refractivity contribution is 6.32. The summed E-state index contributed by atoms with van der Waals surface area (Å²) in [6, 6.07) is 9.58. The minimum atomic E-state index is -0.621. The Morgan fingerprint density at radius 1 is 1.17 bits per heavy atom. The summed E-state index contributed by atoms with van der Waals surface area (Å²) in [7, 11) is 0. The molecule has 0 amide bonds. The fourth-order valence-electron chi connectivity index (χ4n) is 2.42. The summed E-state index contributed by atoms with van der Waals surface area (Å²) >= 11 is 6.00. The van der Waals surface area contributed by atoms with E-state index >= 15 is 0 Å². The van der Waals surface area contributed by atoms with Gasteiger partial charge >= 0.3 is 11.7 Å². The number of hydrogen-bond acceptors (Lipinski definition) is 9. The van der Waals surface area contributed by atoms with Crippen LogP contribution in [-0.2, 0) is 4.74 Å². The molecule has 2 N–H and O–H groups in total. The highest BCUT2D eigenvalue weighted by Crippen LogP contribution is 2.34. The number of benzene rings is 1. The Hall–Kier alpha value is -3.79. The highest BCUT2D eigenvalue weighted by atomic mass is 35.5. The van der Waals surface area contributed by atoms with Gasteiger partial charge in [-0.05, 0) is 37.3 Å². The van der Waals surface area contributed by atoms with Crippen LogP contribution in [0.15, 0.2) is 48.9 Å². The van der Waals surface area contributed by atoms with Crippen LogP contribution < -0.4 is 10.6 Å². The Morgan fingerprint density at radius 2 is 1.93 bits per heavy atom. The smallest absolute Gasteiger partial charge is 0.353 e. The summed E-state index contributed by atoms with van der Waals surface area (Å²) in [5, 5.41) is 17.5. The second kappa shape index (κ2) is 8.93. The molecule has 1 aromatic carbocycles. The molecular formula is C18H15ClN6O4. The number of esters is 1. The third-order valence-electron chi connectivity index (χ3n) is 3.65. The first-order valence-electron chi connectivity index (χ1n) is 8.40. The molecule has 10 nitrogen and oxygen atoms in total. The molecule has 0 aliphatic carbocycles. The molecule has 0 radical (unpaired) electrons. The number of carbonyl (C=O) groups is 1. The number of anilines is 4. The summed E-state index contributed by atoms with van der Waals surface area (Å²) < 4.78 is 4.96. The third-order valence-corrected chi connectivity index (χ3v) is 3.95. The number of rotatable bonds is 7. The van der Waals surface area contributed by atoms with Crippen molar-refractivity contribution in [3.8, 4) is 0 Å². The van der Waals surface area contributed by atoms with E-state index in [-0.39, 0.29) is 23.4 Å². The molecule has 0 bridgehead atoms. The van der Waals surface area contributed by atoms with Gasteiger partial charge in [-0.15, -0.1) is 0 Å². The number of carbonyl (C=O) groups excluding carboxylic acids is 1. The van der Waals surface area contributed by atoms with E-state index in [9.17, 15) is 14.9 Å². The molecule has 0 saturated heterocycles. The molecule has 2 aromatic heterocycles. The normalized spacial score (nSPS) is 10.3. The van der Waals surface area contributed by atoms with E-state index < -0.39 is 16.6 Å². The summed E-state index contributed by atoms with van der Waals surface area (Å²) in [6.45, 7) is 1.94. The average Bonchev–Trinajstić information content (AvgIpc) is 2.70. The maximum atomic E-state index is 11.9. The molecule has 3 rings (SSSR count). The zero-order valence-corrected chi connectivity index (χ0v) is 15.9. The summed E-state index contributed by atoms with van der Waals surface area (Å²) in [5.74, 6) is -0.626. The van der Waals surface area contributed by atoms with Crippen LogP contribution >= 0.6 is 11.6 Å². The standard InChI is InChI=1S/C18H15ClN6O4/c1-2-29-18(26)11-5-3-6-12(9-11)23-16-14(25(27)28)17(22-10-21-16)24-13-7-4-8-20-15(13)19/h3-10H,2H2,1H3,(H2,21,22,23,24). The van der Waals surface area contributed by atoms with Crippen molar-refractivity contribution in [2.75, 3.05) is 17.2 Å². The van der Waals surface area contributed by atoms with E-state index in [1.807, 2.05) is 0 Å². The topological polar surface area (TPSA) is 132 Å². The van der Waals surface area contributed by atoms with Gasteiger partial charge in [0.15, 0.2) is 5.15 Å². The third kappa shape index (κ3) is 4.74. The van der Waals surface area contributed by atoms with Gasteiger partial charge in [-0.2, -0.15) is 0 Å². The SMILES string of the molecule is CCOC(=O)c1cccc(Nc2ncnc(Nc3cccnc3Cl)c2[N+](=O)[O-])c1. The van der Waals surface area contributed by atoms with Crippen LogP contribution in [0.1, 0.15) is 17.3 Å². The molecule has 29 heavy (non-hydrogen) atoms. The van der Waals surface area contributed by atoms with Crippen molar-refractivity contribution in [2.24, 2.45) is 0 Å². The number of hydrogen-bond donors (Lipinski definition) is 2.